The second-order valence-electron chi connectivity index (χ2n) is 6.45. The van der Waals surface area contributed by atoms with Crippen LogP contribution in [0.5, 0.6) is 5.75 Å². The second-order valence-corrected chi connectivity index (χ2v) is 6.86. The van der Waals surface area contributed by atoms with Crippen molar-refractivity contribution in [1.29, 1.82) is 0 Å². The normalized spacial score (nSPS) is 11.9. The van der Waals surface area contributed by atoms with Crippen molar-refractivity contribution >= 4 is 28.4 Å². The number of hydrogen-bond acceptors (Lipinski definition) is 5. The molecule has 0 aliphatic heterocycles. The highest BCUT2D eigenvalue weighted by Gasteiger charge is 2.12. The average Bonchev–Trinajstić information content (AvgIpc) is 3.28. The van der Waals surface area contributed by atoms with Crippen molar-refractivity contribution in [2.45, 2.75) is 13.0 Å². The van der Waals surface area contributed by atoms with Gasteiger partial charge in [-0.1, -0.05) is 23.7 Å². The Hall–Kier alpha value is -3.45. The Balaban J connectivity index is 1.38. The first-order chi connectivity index (χ1) is 14.1. The summed E-state index contributed by atoms with van der Waals surface area (Å²) >= 11 is 6.19. The molecule has 0 radical (unpaired) electrons. The van der Waals surface area contributed by atoms with Crippen molar-refractivity contribution in [3.05, 3.63) is 78.0 Å². The standard InChI is InChI=1S/C21H18ClN5O2/c1-14(15-4-6-16(7-5-15)27-13-23-12-25-27)26-20(28)11-29-19-9-8-18(22)17-3-2-10-24-21(17)19/h2-10,12-14H,11H2,1H3,(H,26,28). The minimum Gasteiger partial charge on any atom is -0.481 e. The lowest BCUT2D eigenvalue weighted by molar-refractivity contribution is -0.123. The van der Waals surface area contributed by atoms with Crippen LogP contribution in [0.1, 0.15) is 18.5 Å². The molecule has 0 saturated heterocycles. The molecule has 0 fully saturated rings. The lowest BCUT2D eigenvalue weighted by Gasteiger charge is -2.15. The van der Waals surface area contributed by atoms with Gasteiger partial charge in [-0.05, 0) is 48.9 Å². The molecular weight excluding hydrogens is 390 g/mol. The van der Waals surface area contributed by atoms with E-state index in [2.05, 4.69) is 20.4 Å². The summed E-state index contributed by atoms with van der Waals surface area (Å²) < 4.78 is 7.36. The van der Waals surface area contributed by atoms with E-state index in [9.17, 15) is 4.79 Å². The molecule has 4 aromatic rings. The zero-order valence-corrected chi connectivity index (χ0v) is 16.4. The second kappa shape index (κ2) is 8.28. The van der Waals surface area contributed by atoms with Gasteiger partial charge in [0.25, 0.3) is 5.91 Å². The fourth-order valence-corrected chi connectivity index (χ4v) is 3.21. The number of halogens is 1. The molecule has 2 aromatic heterocycles. The van der Waals surface area contributed by atoms with Crippen LogP contribution in [-0.2, 0) is 4.79 Å². The van der Waals surface area contributed by atoms with E-state index in [1.165, 1.54) is 6.33 Å². The number of benzene rings is 2. The minimum atomic E-state index is -0.225. The number of pyridine rings is 1. The molecule has 0 aliphatic carbocycles. The quantitative estimate of drug-likeness (QED) is 0.526. The predicted octanol–water partition coefficient (Wildman–Crippen LogP) is 3.73. The van der Waals surface area contributed by atoms with Gasteiger partial charge < -0.3 is 10.1 Å². The molecule has 1 N–H and O–H groups in total. The summed E-state index contributed by atoms with van der Waals surface area (Å²) in [6.45, 7) is 1.80. The molecule has 0 bridgehead atoms. The van der Waals surface area contributed by atoms with E-state index in [-0.39, 0.29) is 18.6 Å². The fraction of sp³-hybridized carbons (Fsp3) is 0.143. The van der Waals surface area contributed by atoms with Crippen molar-refractivity contribution in [2.24, 2.45) is 0 Å². The maximum atomic E-state index is 12.4. The van der Waals surface area contributed by atoms with Crippen LogP contribution in [0.25, 0.3) is 16.6 Å². The topological polar surface area (TPSA) is 81.9 Å². The molecule has 1 unspecified atom stereocenters. The van der Waals surface area contributed by atoms with E-state index in [1.807, 2.05) is 37.3 Å². The molecule has 0 spiro atoms. The highest BCUT2D eigenvalue weighted by atomic mass is 35.5. The third-order valence-electron chi connectivity index (χ3n) is 4.49. The van der Waals surface area contributed by atoms with Crippen molar-refractivity contribution < 1.29 is 9.53 Å². The van der Waals surface area contributed by atoms with Gasteiger partial charge in [0.1, 0.15) is 23.9 Å². The largest absolute Gasteiger partial charge is 0.481 e. The Morgan fingerprint density at radius 2 is 2.03 bits per heavy atom. The third kappa shape index (κ3) is 4.20. The number of carbonyl (C=O) groups is 1. The van der Waals surface area contributed by atoms with Crippen LogP contribution in [0.2, 0.25) is 5.02 Å². The van der Waals surface area contributed by atoms with E-state index in [0.29, 0.717) is 16.3 Å². The van der Waals surface area contributed by atoms with Crippen LogP contribution in [0, 0.1) is 0 Å². The average molecular weight is 408 g/mol. The molecule has 4 rings (SSSR count). The predicted molar refractivity (Wildman–Crippen MR) is 110 cm³/mol. The van der Waals surface area contributed by atoms with Gasteiger partial charge in [0.2, 0.25) is 0 Å². The lowest BCUT2D eigenvalue weighted by Crippen LogP contribution is -2.31. The highest BCUT2D eigenvalue weighted by molar-refractivity contribution is 6.35. The Morgan fingerprint density at radius 1 is 1.21 bits per heavy atom. The molecule has 29 heavy (non-hydrogen) atoms. The van der Waals surface area contributed by atoms with E-state index >= 15 is 0 Å². The Morgan fingerprint density at radius 3 is 2.79 bits per heavy atom. The number of nitrogens with one attached hydrogen (secondary N) is 1. The summed E-state index contributed by atoms with van der Waals surface area (Å²) in [6.07, 6.45) is 4.78. The number of amides is 1. The van der Waals surface area contributed by atoms with E-state index in [0.717, 1.165) is 16.6 Å². The number of aromatic nitrogens is 4. The number of rotatable bonds is 6. The summed E-state index contributed by atoms with van der Waals surface area (Å²) in [5, 5.41) is 8.41. The third-order valence-corrected chi connectivity index (χ3v) is 4.82. The summed E-state index contributed by atoms with van der Waals surface area (Å²) in [4.78, 5) is 20.6. The van der Waals surface area contributed by atoms with Crippen LogP contribution < -0.4 is 10.1 Å². The van der Waals surface area contributed by atoms with E-state index in [4.69, 9.17) is 16.3 Å². The summed E-state index contributed by atoms with van der Waals surface area (Å²) in [5.41, 5.74) is 2.50. The fourth-order valence-electron chi connectivity index (χ4n) is 3.00. The Kier molecular flexibility index (Phi) is 5.39. The summed E-state index contributed by atoms with van der Waals surface area (Å²) in [5.74, 6) is 0.293. The SMILES string of the molecule is CC(NC(=O)COc1ccc(Cl)c2cccnc12)c1ccc(-n2cncn2)cc1. The van der Waals surface area contributed by atoms with Gasteiger partial charge in [-0.2, -0.15) is 5.10 Å². The van der Waals surface area contributed by atoms with Crippen LogP contribution in [0.4, 0.5) is 0 Å². The maximum absolute atomic E-state index is 12.4. The van der Waals surface area contributed by atoms with Crippen molar-refractivity contribution in [3.63, 3.8) is 0 Å². The molecule has 7 nitrogen and oxygen atoms in total. The van der Waals surface area contributed by atoms with Gasteiger partial charge in [0.05, 0.1) is 16.8 Å². The van der Waals surface area contributed by atoms with E-state index in [1.54, 1.807) is 35.4 Å². The summed E-state index contributed by atoms with van der Waals surface area (Å²) in [6, 6.07) is 14.7. The van der Waals surface area contributed by atoms with Gasteiger partial charge in [-0.25, -0.2) is 9.67 Å². The van der Waals surface area contributed by atoms with Gasteiger partial charge in [0, 0.05) is 11.6 Å². The van der Waals surface area contributed by atoms with Gasteiger partial charge in [0.15, 0.2) is 6.61 Å². The lowest BCUT2D eigenvalue weighted by atomic mass is 10.1. The molecule has 8 heteroatoms. The van der Waals surface area contributed by atoms with Gasteiger partial charge >= 0.3 is 0 Å². The molecule has 146 valence electrons. The molecule has 0 aliphatic rings. The first-order valence-electron chi connectivity index (χ1n) is 9.02. The van der Waals surface area contributed by atoms with Crippen LogP contribution in [0.15, 0.2) is 67.4 Å². The van der Waals surface area contributed by atoms with Gasteiger partial charge in [-0.3, -0.25) is 9.78 Å². The van der Waals surface area contributed by atoms with Crippen molar-refractivity contribution in [3.8, 4) is 11.4 Å². The van der Waals surface area contributed by atoms with E-state index < -0.39 is 0 Å². The zero-order valence-electron chi connectivity index (χ0n) is 15.6. The van der Waals surface area contributed by atoms with Crippen LogP contribution in [0.3, 0.4) is 0 Å². The molecular formula is C21H18ClN5O2. The van der Waals surface area contributed by atoms with Gasteiger partial charge in [-0.15, -0.1) is 0 Å². The number of hydrogen-bond donors (Lipinski definition) is 1. The molecule has 2 aromatic carbocycles. The zero-order chi connectivity index (χ0) is 20.2. The molecule has 1 atom stereocenters. The smallest absolute Gasteiger partial charge is 0.258 e. The maximum Gasteiger partial charge on any atom is 0.258 e. The van der Waals surface area contributed by atoms with Crippen LogP contribution in [-0.4, -0.2) is 32.3 Å². The molecule has 2 heterocycles. The van der Waals surface area contributed by atoms with Crippen molar-refractivity contribution in [1.82, 2.24) is 25.1 Å². The van der Waals surface area contributed by atoms with Crippen LogP contribution >= 0.6 is 11.6 Å². The highest BCUT2D eigenvalue weighted by Crippen LogP contribution is 2.29. The minimum absolute atomic E-state index is 0.116. The Bertz CT molecular complexity index is 1130. The number of carbonyl (C=O) groups excluding carboxylic acids is 1. The first-order valence-corrected chi connectivity index (χ1v) is 9.40. The number of ether oxygens (including phenoxy) is 1. The number of nitrogens with zero attached hydrogens (tertiary/aromatic N) is 4. The summed E-state index contributed by atoms with van der Waals surface area (Å²) in [7, 11) is 0. The molecule has 1 amide bonds. The first kappa shape index (κ1) is 18.9. The monoisotopic (exact) mass is 407 g/mol. The Labute approximate surface area is 172 Å². The molecule has 0 saturated carbocycles. The van der Waals surface area contributed by atoms with Crippen molar-refractivity contribution in [2.75, 3.05) is 6.61 Å². The number of fused-ring (bicyclic) bond motifs is 1.